The van der Waals surface area contributed by atoms with Gasteiger partial charge in [0.05, 0.1) is 11.1 Å². The predicted octanol–water partition coefficient (Wildman–Crippen LogP) is 3.50. The number of likely N-dealkylation sites (tertiary alicyclic amines) is 1. The van der Waals surface area contributed by atoms with Gasteiger partial charge in [0.1, 0.15) is 0 Å². The molecule has 0 aromatic carbocycles. The van der Waals surface area contributed by atoms with Crippen molar-refractivity contribution >= 4 is 23.2 Å². The Morgan fingerprint density at radius 3 is 2.81 bits per heavy atom. The van der Waals surface area contributed by atoms with Crippen LogP contribution in [0.1, 0.15) is 56.9 Å². The van der Waals surface area contributed by atoms with E-state index in [1.54, 1.807) is 28.4 Å². The highest BCUT2D eigenvalue weighted by molar-refractivity contribution is 7.14. The first-order valence-electron chi connectivity index (χ1n) is 9.35. The smallest absolute Gasteiger partial charge is 0.289 e. The summed E-state index contributed by atoms with van der Waals surface area (Å²) in [5.74, 6) is 1.06. The summed E-state index contributed by atoms with van der Waals surface area (Å²) >= 11 is 1.65. The normalized spacial score (nSPS) is 20.7. The molecule has 1 aliphatic heterocycles. The molecule has 26 heavy (non-hydrogen) atoms. The molecule has 1 saturated heterocycles. The Morgan fingerprint density at radius 2 is 2.08 bits per heavy atom. The summed E-state index contributed by atoms with van der Waals surface area (Å²) < 4.78 is 5.19. The number of piperidine rings is 1. The van der Waals surface area contributed by atoms with Crippen LogP contribution in [-0.4, -0.2) is 35.8 Å². The second-order valence-corrected chi connectivity index (χ2v) is 8.56. The number of fused-ring (bicyclic) bond motifs is 1. The van der Waals surface area contributed by atoms with E-state index in [1.165, 1.54) is 23.1 Å². The molecule has 1 fully saturated rings. The minimum absolute atomic E-state index is 0.0351. The minimum atomic E-state index is -0.0696. The summed E-state index contributed by atoms with van der Waals surface area (Å²) in [4.78, 5) is 28.9. The van der Waals surface area contributed by atoms with Gasteiger partial charge in [-0.3, -0.25) is 9.59 Å². The number of hydrogen-bond acceptors (Lipinski definition) is 4. The molecule has 5 nitrogen and oxygen atoms in total. The Kier molecular flexibility index (Phi) is 4.85. The van der Waals surface area contributed by atoms with Crippen LogP contribution in [-0.2, 0) is 12.8 Å². The molecule has 1 N–H and O–H groups in total. The maximum absolute atomic E-state index is 12.6. The number of furan rings is 1. The maximum atomic E-state index is 12.6. The molecule has 3 heterocycles. The largest absolute Gasteiger partial charge is 0.459 e. The van der Waals surface area contributed by atoms with Gasteiger partial charge in [0, 0.05) is 24.0 Å². The molecule has 2 aliphatic rings. The number of thiophene rings is 1. The first-order valence-corrected chi connectivity index (χ1v) is 10.2. The fraction of sp³-hybridized carbons (Fsp3) is 0.500. The average Bonchev–Trinajstić information content (AvgIpc) is 3.31. The van der Waals surface area contributed by atoms with Crippen molar-refractivity contribution in [3.05, 3.63) is 45.5 Å². The maximum Gasteiger partial charge on any atom is 0.289 e. The number of carbonyl (C=O) groups is 2. The zero-order valence-electron chi connectivity index (χ0n) is 15.0. The first-order chi connectivity index (χ1) is 12.6. The van der Waals surface area contributed by atoms with Crippen LogP contribution < -0.4 is 5.32 Å². The Balaban J connectivity index is 1.32. The molecule has 1 aliphatic carbocycles. The van der Waals surface area contributed by atoms with Crippen molar-refractivity contribution in [3.8, 4) is 0 Å². The summed E-state index contributed by atoms with van der Waals surface area (Å²) in [6, 6.07) is 5.62. The van der Waals surface area contributed by atoms with E-state index < -0.39 is 0 Å². The van der Waals surface area contributed by atoms with Crippen LogP contribution in [0.2, 0.25) is 0 Å². The first kappa shape index (κ1) is 17.3. The molecular formula is C20H24N2O3S. The van der Waals surface area contributed by atoms with Crippen LogP contribution in [0.15, 0.2) is 28.9 Å². The Labute approximate surface area is 157 Å². The van der Waals surface area contributed by atoms with E-state index in [0.29, 0.717) is 24.8 Å². The van der Waals surface area contributed by atoms with E-state index in [9.17, 15) is 9.59 Å². The number of nitrogens with one attached hydrogen (secondary N) is 1. The molecule has 0 saturated carbocycles. The molecular weight excluding hydrogens is 348 g/mol. The molecule has 1 atom stereocenters. The summed E-state index contributed by atoms with van der Waals surface area (Å²) in [6.07, 6.45) is 6.48. The Hall–Kier alpha value is -2.08. The lowest BCUT2D eigenvalue weighted by Gasteiger charge is -2.31. The molecule has 0 radical (unpaired) electrons. The van der Waals surface area contributed by atoms with E-state index in [4.69, 9.17) is 4.42 Å². The van der Waals surface area contributed by atoms with Crippen molar-refractivity contribution < 1.29 is 14.0 Å². The van der Waals surface area contributed by atoms with E-state index in [0.717, 1.165) is 30.6 Å². The third-order valence-corrected chi connectivity index (χ3v) is 6.64. The second kappa shape index (κ2) is 7.27. The Bertz CT molecular complexity index is 788. The third kappa shape index (κ3) is 3.56. The molecule has 2 aromatic heterocycles. The minimum Gasteiger partial charge on any atom is -0.459 e. The van der Waals surface area contributed by atoms with Crippen molar-refractivity contribution in [2.45, 2.75) is 45.1 Å². The molecule has 2 amide bonds. The SMILES string of the molecule is C[C@H]1CCc2sc(C(=O)NC3CCN(C(=O)c4ccco4)CC3)cc2C1. The van der Waals surface area contributed by atoms with Gasteiger partial charge in [-0.25, -0.2) is 0 Å². The summed E-state index contributed by atoms with van der Waals surface area (Å²) in [6.45, 7) is 3.56. The number of hydrogen-bond donors (Lipinski definition) is 1. The van der Waals surface area contributed by atoms with Gasteiger partial charge in [0.2, 0.25) is 0 Å². The lowest BCUT2D eigenvalue weighted by Crippen LogP contribution is -2.46. The van der Waals surface area contributed by atoms with Gasteiger partial charge < -0.3 is 14.6 Å². The van der Waals surface area contributed by atoms with Crippen LogP contribution in [0.4, 0.5) is 0 Å². The lowest BCUT2D eigenvalue weighted by molar-refractivity contribution is 0.0667. The number of amides is 2. The lowest BCUT2D eigenvalue weighted by atomic mass is 9.90. The van der Waals surface area contributed by atoms with Crippen molar-refractivity contribution in [1.82, 2.24) is 10.2 Å². The van der Waals surface area contributed by atoms with Crippen molar-refractivity contribution in [2.24, 2.45) is 5.92 Å². The van der Waals surface area contributed by atoms with E-state index >= 15 is 0 Å². The molecule has 0 bridgehead atoms. The number of rotatable bonds is 3. The second-order valence-electron chi connectivity index (χ2n) is 7.42. The van der Waals surface area contributed by atoms with Crippen LogP contribution in [0.5, 0.6) is 0 Å². The van der Waals surface area contributed by atoms with Crippen LogP contribution >= 0.6 is 11.3 Å². The number of carbonyl (C=O) groups excluding carboxylic acids is 2. The zero-order valence-corrected chi connectivity index (χ0v) is 15.8. The van der Waals surface area contributed by atoms with Crippen LogP contribution in [0.25, 0.3) is 0 Å². The highest BCUT2D eigenvalue weighted by Crippen LogP contribution is 2.32. The van der Waals surface area contributed by atoms with E-state index in [-0.39, 0.29) is 17.9 Å². The van der Waals surface area contributed by atoms with E-state index in [2.05, 4.69) is 18.3 Å². The fourth-order valence-corrected chi connectivity index (χ4v) is 4.97. The van der Waals surface area contributed by atoms with Gasteiger partial charge in [-0.15, -0.1) is 11.3 Å². The van der Waals surface area contributed by atoms with E-state index in [1.807, 2.05) is 0 Å². The Morgan fingerprint density at radius 1 is 1.27 bits per heavy atom. The van der Waals surface area contributed by atoms with Crippen LogP contribution in [0.3, 0.4) is 0 Å². The van der Waals surface area contributed by atoms with Gasteiger partial charge >= 0.3 is 0 Å². The summed E-state index contributed by atoms with van der Waals surface area (Å²) in [5.41, 5.74) is 1.36. The van der Waals surface area contributed by atoms with Gasteiger partial charge in [-0.05, 0) is 61.8 Å². The highest BCUT2D eigenvalue weighted by Gasteiger charge is 2.27. The quantitative estimate of drug-likeness (QED) is 0.897. The highest BCUT2D eigenvalue weighted by atomic mass is 32.1. The third-order valence-electron chi connectivity index (χ3n) is 5.40. The monoisotopic (exact) mass is 372 g/mol. The number of aryl methyl sites for hydroxylation is 1. The summed E-state index contributed by atoms with van der Waals surface area (Å²) in [7, 11) is 0. The van der Waals surface area contributed by atoms with Crippen molar-refractivity contribution in [1.29, 1.82) is 0 Å². The topological polar surface area (TPSA) is 62.6 Å². The molecule has 0 spiro atoms. The predicted molar refractivity (Wildman–Crippen MR) is 101 cm³/mol. The fourth-order valence-electron chi connectivity index (χ4n) is 3.86. The molecule has 0 unspecified atom stereocenters. The van der Waals surface area contributed by atoms with Crippen molar-refractivity contribution in [2.75, 3.05) is 13.1 Å². The van der Waals surface area contributed by atoms with Gasteiger partial charge in [0.15, 0.2) is 5.76 Å². The van der Waals surface area contributed by atoms with Crippen LogP contribution in [0, 0.1) is 5.92 Å². The molecule has 138 valence electrons. The molecule has 4 rings (SSSR count). The standard InChI is InChI=1S/C20H24N2O3S/c1-13-4-5-17-14(11-13)12-18(26-17)19(23)21-15-6-8-22(9-7-15)20(24)16-3-2-10-25-16/h2-3,10,12-13,15H,4-9,11H2,1H3,(H,21,23)/t13-/m0/s1. The number of nitrogens with zero attached hydrogens (tertiary/aromatic N) is 1. The van der Waals surface area contributed by atoms with Gasteiger partial charge in [-0.1, -0.05) is 6.92 Å². The van der Waals surface area contributed by atoms with Gasteiger partial charge in [-0.2, -0.15) is 0 Å². The zero-order chi connectivity index (χ0) is 18.1. The van der Waals surface area contributed by atoms with Gasteiger partial charge in [0.25, 0.3) is 11.8 Å². The van der Waals surface area contributed by atoms with Crippen molar-refractivity contribution in [3.63, 3.8) is 0 Å². The molecule has 2 aromatic rings. The summed E-state index contributed by atoms with van der Waals surface area (Å²) in [5, 5.41) is 3.16. The average molecular weight is 372 g/mol. The molecule has 6 heteroatoms.